The van der Waals surface area contributed by atoms with Gasteiger partial charge in [0, 0.05) is 36.2 Å². The van der Waals surface area contributed by atoms with E-state index in [1.54, 1.807) is 6.20 Å². The lowest BCUT2D eigenvalue weighted by atomic mass is 10.0. The van der Waals surface area contributed by atoms with Crippen molar-refractivity contribution in [3.63, 3.8) is 0 Å². The summed E-state index contributed by atoms with van der Waals surface area (Å²) in [5, 5.41) is 8.39. The Bertz CT molecular complexity index is 1080. The molecule has 0 bridgehead atoms. The third-order valence-corrected chi connectivity index (χ3v) is 5.84. The van der Waals surface area contributed by atoms with Gasteiger partial charge in [-0.15, -0.1) is 0 Å². The number of rotatable bonds is 5. The highest BCUT2D eigenvalue weighted by molar-refractivity contribution is 6.12. The van der Waals surface area contributed by atoms with Crippen LogP contribution in [0, 0.1) is 6.92 Å². The maximum atomic E-state index is 13.3. The fraction of sp³-hybridized carbons (Fsp3) is 0.458. The summed E-state index contributed by atoms with van der Waals surface area (Å²) in [6.07, 6.45) is 4.25. The molecular formula is C24H31N5O. The maximum Gasteiger partial charge on any atom is 0.256 e. The predicted octanol–water partition coefficient (Wildman–Crippen LogP) is 5.30. The number of nitrogens with zero attached hydrogens (tertiary/aromatic N) is 4. The summed E-state index contributed by atoms with van der Waals surface area (Å²) in [5.41, 5.74) is 5.43. The topological polar surface area (TPSA) is 63.1 Å². The van der Waals surface area contributed by atoms with Crippen molar-refractivity contribution in [3.8, 4) is 0 Å². The van der Waals surface area contributed by atoms with E-state index in [1.165, 1.54) is 18.5 Å². The third-order valence-electron chi connectivity index (χ3n) is 5.84. The highest BCUT2D eigenvalue weighted by atomic mass is 16.1. The Kier molecular flexibility index (Phi) is 5.50. The molecule has 1 saturated heterocycles. The van der Waals surface area contributed by atoms with Crippen LogP contribution in [0.2, 0.25) is 0 Å². The molecular weight excluding hydrogens is 374 g/mol. The quantitative estimate of drug-likeness (QED) is 0.626. The standard InChI is InChI=1S/C24H31N5O/c1-15(2)22-13-19(20-14-25-29(16(3)4)23(20)26-22)24(30)27-21-9-8-18(12-17(21)5)28-10-6-7-11-28/h8-9,12-16H,6-7,10-11H2,1-5H3,(H,27,30). The van der Waals surface area contributed by atoms with Gasteiger partial charge < -0.3 is 10.2 Å². The summed E-state index contributed by atoms with van der Waals surface area (Å²) in [5.74, 6) is 0.0996. The van der Waals surface area contributed by atoms with Gasteiger partial charge >= 0.3 is 0 Å². The van der Waals surface area contributed by atoms with Crippen molar-refractivity contribution in [2.24, 2.45) is 0 Å². The molecule has 6 heteroatoms. The number of carbonyl (C=O) groups excluding carboxylic acids is 1. The number of anilines is 2. The summed E-state index contributed by atoms with van der Waals surface area (Å²) in [6, 6.07) is 8.36. The van der Waals surface area contributed by atoms with Crippen molar-refractivity contribution in [1.82, 2.24) is 14.8 Å². The molecule has 1 amide bonds. The van der Waals surface area contributed by atoms with Gasteiger partial charge in [-0.3, -0.25) is 4.79 Å². The number of carbonyl (C=O) groups is 1. The molecule has 0 atom stereocenters. The van der Waals surface area contributed by atoms with Crippen LogP contribution in [-0.2, 0) is 0 Å². The van der Waals surface area contributed by atoms with Crippen molar-refractivity contribution in [2.45, 2.75) is 59.4 Å². The van der Waals surface area contributed by atoms with Crippen LogP contribution in [0.4, 0.5) is 11.4 Å². The molecule has 0 unspecified atom stereocenters. The molecule has 1 aromatic carbocycles. The Morgan fingerprint density at radius 1 is 1.10 bits per heavy atom. The second-order valence-electron chi connectivity index (χ2n) is 8.82. The molecule has 1 aliphatic rings. The summed E-state index contributed by atoms with van der Waals surface area (Å²) < 4.78 is 1.88. The van der Waals surface area contributed by atoms with Gasteiger partial charge in [0.25, 0.3) is 5.91 Å². The Morgan fingerprint density at radius 3 is 2.47 bits per heavy atom. The lowest BCUT2D eigenvalue weighted by Gasteiger charge is -2.19. The van der Waals surface area contributed by atoms with Gasteiger partial charge in [0.2, 0.25) is 0 Å². The van der Waals surface area contributed by atoms with Crippen LogP contribution in [-0.4, -0.2) is 33.8 Å². The molecule has 3 aromatic rings. The molecule has 30 heavy (non-hydrogen) atoms. The molecule has 3 heterocycles. The van der Waals surface area contributed by atoms with Gasteiger partial charge in [-0.1, -0.05) is 13.8 Å². The van der Waals surface area contributed by atoms with Gasteiger partial charge in [0.1, 0.15) is 0 Å². The van der Waals surface area contributed by atoms with Gasteiger partial charge in [-0.05, 0) is 69.4 Å². The van der Waals surface area contributed by atoms with Gasteiger partial charge in [-0.2, -0.15) is 5.10 Å². The molecule has 0 radical (unpaired) electrons. The first kappa shape index (κ1) is 20.4. The van der Waals surface area contributed by atoms with Crippen molar-refractivity contribution in [3.05, 3.63) is 47.3 Å². The van der Waals surface area contributed by atoms with E-state index in [1.807, 2.05) is 23.7 Å². The average Bonchev–Trinajstić information content (AvgIpc) is 3.38. The summed E-state index contributed by atoms with van der Waals surface area (Å²) in [6.45, 7) is 12.6. The maximum absolute atomic E-state index is 13.3. The number of benzene rings is 1. The molecule has 1 N–H and O–H groups in total. The molecule has 0 spiro atoms. The summed E-state index contributed by atoms with van der Waals surface area (Å²) >= 11 is 0. The van der Waals surface area contributed by atoms with Crippen LogP contribution in [0.1, 0.15) is 74.1 Å². The Labute approximate surface area is 178 Å². The minimum Gasteiger partial charge on any atom is -0.372 e. The number of amides is 1. The molecule has 1 fully saturated rings. The van der Waals surface area contributed by atoms with Crippen molar-refractivity contribution < 1.29 is 4.79 Å². The summed E-state index contributed by atoms with van der Waals surface area (Å²) in [4.78, 5) is 20.5. The third kappa shape index (κ3) is 3.78. The zero-order chi connectivity index (χ0) is 21.4. The van der Waals surface area contributed by atoms with Crippen molar-refractivity contribution >= 4 is 28.3 Å². The van der Waals surface area contributed by atoms with Crippen LogP contribution < -0.4 is 10.2 Å². The number of fused-ring (bicyclic) bond motifs is 1. The smallest absolute Gasteiger partial charge is 0.256 e. The first-order valence-electron chi connectivity index (χ1n) is 10.9. The van der Waals surface area contributed by atoms with E-state index < -0.39 is 0 Å². The largest absolute Gasteiger partial charge is 0.372 e. The molecule has 6 nitrogen and oxygen atoms in total. The molecule has 158 valence electrons. The van der Waals surface area contributed by atoms with Crippen LogP contribution >= 0.6 is 0 Å². The lowest BCUT2D eigenvalue weighted by molar-refractivity contribution is 0.102. The van der Waals surface area contributed by atoms with Crippen LogP contribution in [0.3, 0.4) is 0 Å². The second-order valence-corrected chi connectivity index (χ2v) is 8.82. The molecule has 4 rings (SSSR count). The zero-order valence-electron chi connectivity index (χ0n) is 18.6. The van der Waals surface area contributed by atoms with Gasteiger partial charge in [-0.25, -0.2) is 9.67 Å². The number of hydrogen-bond acceptors (Lipinski definition) is 4. The zero-order valence-corrected chi connectivity index (χ0v) is 18.6. The highest BCUT2D eigenvalue weighted by Gasteiger charge is 2.20. The molecule has 0 saturated carbocycles. The SMILES string of the molecule is Cc1cc(N2CCCC2)ccc1NC(=O)c1cc(C(C)C)nc2c1cnn2C(C)C. The second kappa shape index (κ2) is 8.09. The Hall–Kier alpha value is -2.89. The Balaban J connectivity index is 1.67. The van der Waals surface area contributed by atoms with Gasteiger partial charge in [0.15, 0.2) is 5.65 Å². The van der Waals surface area contributed by atoms with Crippen LogP contribution in [0.15, 0.2) is 30.5 Å². The Morgan fingerprint density at radius 2 is 1.83 bits per heavy atom. The number of pyridine rings is 1. The van der Waals surface area contributed by atoms with Gasteiger partial charge in [0.05, 0.1) is 17.1 Å². The van der Waals surface area contributed by atoms with E-state index in [9.17, 15) is 4.79 Å². The van der Waals surface area contributed by atoms with Crippen LogP contribution in [0.5, 0.6) is 0 Å². The minimum atomic E-state index is -0.121. The molecule has 2 aromatic heterocycles. The molecule has 1 aliphatic heterocycles. The highest BCUT2D eigenvalue weighted by Crippen LogP contribution is 2.28. The number of aryl methyl sites for hydroxylation is 1. The van der Waals surface area contributed by atoms with E-state index in [4.69, 9.17) is 4.98 Å². The summed E-state index contributed by atoms with van der Waals surface area (Å²) in [7, 11) is 0. The fourth-order valence-corrected chi connectivity index (χ4v) is 4.05. The van der Waals surface area contributed by atoms with E-state index in [2.05, 4.69) is 55.1 Å². The van der Waals surface area contributed by atoms with Crippen LogP contribution in [0.25, 0.3) is 11.0 Å². The van der Waals surface area contributed by atoms with E-state index in [-0.39, 0.29) is 17.9 Å². The average molecular weight is 406 g/mol. The number of nitrogens with one attached hydrogen (secondary N) is 1. The van der Waals surface area contributed by atoms with Crippen molar-refractivity contribution in [2.75, 3.05) is 23.3 Å². The lowest BCUT2D eigenvalue weighted by Crippen LogP contribution is -2.18. The number of hydrogen-bond donors (Lipinski definition) is 1. The minimum absolute atomic E-state index is 0.121. The number of aromatic nitrogens is 3. The molecule has 0 aliphatic carbocycles. The fourth-order valence-electron chi connectivity index (χ4n) is 4.05. The normalized spacial score (nSPS) is 14.3. The predicted molar refractivity (Wildman–Crippen MR) is 123 cm³/mol. The van der Waals surface area contributed by atoms with E-state index in [0.29, 0.717) is 5.56 Å². The van der Waals surface area contributed by atoms with E-state index in [0.717, 1.165) is 41.1 Å². The first-order chi connectivity index (χ1) is 14.3. The first-order valence-corrected chi connectivity index (χ1v) is 10.9. The monoisotopic (exact) mass is 405 g/mol. The van der Waals surface area contributed by atoms with Crippen molar-refractivity contribution in [1.29, 1.82) is 0 Å². The van der Waals surface area contributed by atoms with E-state index >= 15 is 0 Å².